The molecule has 0 radical (unpaired) electrons. The first-order chi connectivity index (χ1) is 12.1. The van der Waals surface area contributed by atoms with E-state index in [1.165, 1.54) is 0 Å². The Balaban J connectivity index is 1.79. The largest absolute Gasteiger partial charge is 0.491 e. The second-order valence-corrected chi connectivity index (χ2v) is 7.93. The van der Waals surface area contributed by atoms with E-state index >= 15 is 0 Å². The van der Waals surface area contributed by atoms with Crippen LogP contribution in [0, 0.1) is 6.92 Å². The van der Waals surface area contributed by atoms with Crippen molar-refractivity contribution in [1.29, 1.82) is 0 Å². The smallest absolute Gasteiger partial charge is 0.124 e. The van der Waals surface area contributed by atoms with Gasteiger partial charge in [-0.1, -0.05) is 48.0 Å². The van der Waals surface area contributed by atoms with Gasteiger partial charge in [-0.3, -0.25) is 4.21 Å². The van der Waals surface area contributed by atoms with Crippen molar-refractivity contribution in [1.82, 2.24) is 0 Å². The second-order valence-electron chi connectivity index (χ2n) is 6.48. The first kappa shape index (κ1) is 17.9. The van der Waals surface area contributed by atoms with Gasteiger partial charge in [-0.2, -0.15) is 0 Å². The quantitative estimate of drug-likeness (QED) is 0.794. The van der Waals surface area contributed by atoms with Gasteiger partial charge in [0.25, 0.3) is 0 Å². The fourth-order valence-corrected chi connectivity index (χ4v) is 4.00. The topological polar surface area (TPSA) is 46.5 Å². The van der Waals surface area contributed by atoms with E-state index in [2.05, 4.69) is 0 Å². The molecule has 1 fully saturated rings. The Labute approximate surface area is 151 Å². The van der Waals surface area contributed by atoms with Crippen molar-refractivity contribution >= 4 is 16.9 Å². The Morgan fingerprint density at radius 2 is 1.88 bits per heavy atom. The molecule has 132 valence electrons. The summed E-state index contributed by atoms with van der Waals surface area (Å²) in [6.45, 7) is 2.01. The summed E-state index contributed by atoms with van der Waals surface area (Å²) in [5.74, 6) is 0.970. The molecule has 0 aliphatic heterocycles. The van der Waals surface area contributed by atoms with Crippen LogP contribution in [0.15, 0.2) is 65.3 Å². The average molecular weight is 356 g/mol. The number of aliphatic hydroxyl groups excluding tert-OH is 1. The van der Waals surface area contributed by atoms with Crippen LogP contribution in [0.2, 0.25) is 0 Å². The lowest BCUT2D eigenvalue weighted by Gasteiger charge is -2.19. The van der Waals surface area contributed by atoms with Gasteiger partial charge in [-0.15, -0.1) is 0 Å². The number of rotatable bonds is 6. The normalized spacial score (nSPS) is 21.9. The molecule has 0 saturated heterocycles. The third-order valence-electron chi connectivity index (χ3n) is 4.40. The maximum Gasteiger partial charge on any atom is 0.124 e. The molecule has 0 unspecified atom stereocenters. The van der Waals surface area contributed by atoms with Crippen LogP contribution in [-0.2, 0) is 15.5 Å². The molecule has 1 saturated carbocycles. The molecule has 0 bridgehead atoms. The Hall–Kier alpha value is -1.91. The van der Waals surface area contributed by atoms with Crippen LogP contribution in [0.1, 0.15) is 30.4 Å². The molecule has 3 atom stereocenters. The van der Waals surface area contributed by atoms with Crippen LogP contribution in [0.3, 0.4) is 0 Å². The zero-order chi connectivity index (χ0) is 17.6. The van der Waals surface area contributed by atoms with Gasteiger partial charge in [0.15, 0.2) is 0 Å². The molecule has 0 spiro atoms. The number of benzene rings is 2. The lowest BCUT2D eigenvalue weighted by molar-refractivity contribution is 0.0202. The zero-order valence-electron chi connectivity index (χ0n) is 14.4. The summed E-state index contributed by atoms with van der Waals surface area (Å²) in [6, 6.07) is 17.6. The third kappa shape index (κ3) is 5.03. The minimum Gasteiger partial charge on any atom is -0.491 e. The van der Waals surface area contributed by atoms with Crippen molar-refractivity contribution in [2.24, 2.45) is 0 Å². The number of hydrogen-bond donors (Lipinski definition) is 1. The maximum absolute atomic E-state index is 12.7. The molecular weight excluding hydrogens is 332 g/mol. The van der Waals surface area contributed by atoms with Gasteiger partial charge in [-0.25, -0.2) is 0 Å². The van der Waals surface area contributed by atoms with Crippen LogP contribution in [0.5, 0.6) is 0 Å². The minimum absolute atomic E-state index is 0.204. The predicted octanol–water partition coefficient (Wildman–Crippen LogP) is 4.07. The first-order valence-electron chi connectivity index (χ1n) is 8.67. The second kappa shape index (κ2) is 8.45. The van der Waals surface area contributed by atoms with Gasteiger partial charge in [0.05, 0.1) is 22.7 Å². The summed E-state index contributed by atoms with van der Waals surface area (Å²) in [5, 5.41) is 10.1. The van der Waals surface area contributed by atoms with Crippen molar-refractivity contribution in [3.8, 4) is 0 Å². The van der Waals surface area contributed by atoms with E-state index in [1.807, 2.05) is 67.6 Å². The molecular formula is C21H24O3S. The summed E-state index contributed by atoms with van der Waals surface area (Å²) in [4.78, 5) is 0.792. The fraction of sp³-hybridized carbons (Fsp3) is 0.333. The van der Waals surface area contributed by atoms with Gasteiger partial charge in [-0.05, 0) is 50.0 Å². The van der Waals surface area contributed by atoms with Crippen LogP contribution in [0.4, 0.5) is 0 Å². The lowest BCUT2D eigenvalue weighted by atomic mass is 10.2. The van der Waals surface area contributed by atoms with E-state index in [0.29, 0.717) is 11.5 Å². The molecule has 1 aliphatic rings. The highest BCUT2D eigenvalue weighted by atomic mass is 32.2. The molecule has 0 amide bonds. The number of hydrogen-bond acceptors (Lipinski definition) is 3. The van der Waals surface area contributed by atoms with Gasteiger partial charge >= 0.3 is 0 Å². The summed E-state index contributed by atoms with van der Waals surface area (Å²) in [5.41, 5.74) is 2.15. The number of ether oxygens (including phenoxy) is 1. The van der Waals surface area contributed by atoms with Crippen molar-refractivity contribution in [2.45, 2.75) is 43.3 Å². The summed E-state index contributed by atoms with van der Waals surface area (Å²) >= 11 is 0. The van der Waals surface area contributed by atoms with E-state index in [0.717, 1.165) is 35.3 Å². The number of aryl methyl sites for hydroxylation is 1. The third-order valence-corrected chi connectivity index (χ3v) is 5.75. The van der Waals surface area contributed by atoms with E-state index in [-0.39, 0.29) is 6.10 Å². The molecule has 4 heteroatoms. The average Bonchev–Trinajstić information content (AvgIpc) is 3.01. The summed E-state index contributed by atoms with van der Waals surface area (Å²) in [7, 11) is -1.18. The number of aliphatic hydroxyl groups is 1. The van der Waals surface area contributed by atoms with Crippen LogP contribution in [-0.4, -0.2) is 27.3 Å². The van der Waals surface area contributed by atoms with E-state index in [4.69, 9.17) is 4.74 Å². The highest BCUT2D eigenvalue weighted by molar-refractivity contribution is 7.85. The molecule has 25 heavy (non-hydrogen) atoms. The van der Waals surface area contributed by atoms with E-state index in [9.17, 15) is 9.32 Å². The van der Waals surface area contributed by atoms with Crippen molar-refractivity contribution in [3.63, 3.8) is 0 Å². The summed E-state index contributed by atoms with van der Waals surface area (Å²) in [6.07, 6.45) is 3.86. The first-order valence-corrected chi connectivity index (χ1v) is 9.99. The molecule has 3 rings (SSSR count). The highest BCUT2D eigenvalue weighted by Crippen LogP contribution is 2.26. The van der Waals surface area contributed by atoms with Gasteiger partial charge < -0.3 is 9.84 Å². The molecule has 3 nitrogen and oxygen atoms in total. The molecule has 0 aromatic heterocycles. The van der Waals surface area contributed by atoms with E-state index < -0.39 is 16.9 Å². The monoisotopic (exact) mass is 356 g/mol. The molecule has 1 aliphatic carbocycles. The Morgan fingerprint density at radius 1 is 1.16 bits per heavy atom. The van der Waals surface area contributed by atoms with Crippen LogP contribution < -0.4 is 0 Å². The summed E-state index contributed by atoms with van der Waals surface area (Å²) < 4.78 is 18.8. The molecule has 0 heterocycles. The van der Waals surface area contributed by atoms with Crippen LogP contribution in [0.25, 0.3) is 6.08 Å². The minimum atomic E-state index is -1.18. The lowest BCUT2D eigenvalue weighted by Crippen LogP contribution is -2.23. The van der Waals surface area contributed by atoms with Crippen molar-refractivity contribution < 1.29 is 14.1 Å². The highest BCUT2D eigenvalue weighted by Gasteiger charge is 2.28. The molecule has 1 N–H and O–H groups in total. The molecule has 2 aromatic carbocycles. The maximum atomic E-state index is 12.7. The fourth-order valence-electron chi connectivity index (χ4n) is 2.99. The van der Waals surface area contributed by atoms with Crippen molar-refractivity contribution in [2.75, 3.05) is 5.75 Å². The Kier molecular flexibility index (Phi) is 6.05. The zero-order valence-corrected chi connectivity index (χ0v) is 15.2. The Bertz CT molecular complexity index is 737. The van der Waals surface area contributed by atoms with Gasteiger partial charge in [0.1, 0.15) is 11.9 Å². The van der Waals surface area contributed by atoms with Gasteiger partial charge in [0, 0.05) is 4.90 Å². The van der Waals surface area contributed by atoms with E-state index in [1.54, 1.807) is 0 Å². The van der Waals surface area contributed by atoms with Gasteiger partial charge in [0.2, 0.25) is 0 Å². The standard InChI is InChI=1S/C21H24O3S/c1-16-10-12-19(13-11-16)25(23)15-18(14-17-6-3-2-4-7-17)24-21-9-5-8-20(21)22/h2-4,6-7,10-14,20-22H,5,8-9,15H2,1H3/b18-14+/t20-,21+,25-/m1/s1. The van der Waals surface area contributed by atoms with Crippen molar-refractivity contribution in [3.05, 3.63) is 71.5 Å². The Morgan fingerprint density at radius 3 is 2.52 bits per heavy atom. The molecule has 2 aromatic rings. The van der Waals surface area contributed by atoms with Crippen LogP contribution >= 0.6 is 0 Å². The predicted molar refractivity (Wildman–Crippen MR) is 102 cm³/mol. The SMILES string of the molecule is Cc1ccc([S@](=O)C/C(=C\c2ccccc2)O[C@H]2CCC[C@H]2O)cc1.